The summed E-state index contributed by atoms with van der Waals surface area (Å²) in [6.45, 7) is 4.69. The van der Waals surface area contributed by atoms with E-state index >= 15 is 0 Å². The second-order valence-electron chi connectivity index (χ2n) is 5.74. The molecule has 0 aliphatic carbocycles. The molecular formula is C16H23N3O4. The number of hydrogen-bond acceptors (Lipinski definition) is 5. The topological polar surface area (TPSA) is 84.7 Å². The summed E-state index contributed by atoms with van der Waals surface area (Å²) in [5.41, 5.74) is 0.735. The number of likely N-dealkylation sites (tertiary alicyclic amines) is 1. The number of nitrogens with one attached hydrogen (secondary N) is 1. The molecule has 1 atom stereocenters. The number of methoxy groups -OCH3 is 1. The summed E-state index contributed by atoms with van der Waals surface area (Å²) in [4.78, 5) is 25.2. The number of benzene rings is 1. The van der Waals surface area contributed by atoms with Gasteiger partial charge < -0.3 is 10.1 Å². The van der Waals surface area contributed by atoms with Crippen molar-refractivity contribution in [3.8, 4) is 0 Å². The van der Waals surface area contributed by atoms with E-state index in [1.54, 1.807) is 26.2 Å². The fourth-order valence-electron chi connectivity index (χ4n) is 3.00. The quantitative estimate of drug-likeness (QED) is 0.611. The molecule has 1 saturated heterocycles. The van der Waals surface area contributed by atoms with Gasteiger partial charge in [-0.1, -0.05) is 6.07 Å². The molecule has 0 saturated carbocycles. The lowest BCUT2D eigenvalue weighted by atomic mass is 10.1. The lowest BCUT2D eigenvalue weighted by Gasteiger charge is -2.24. The van der Waals surface area contributed by atoms with E-state index in [2.05, 4.69) is 10.2 Å². The Balaban J connectivity index is 1.97. The highest BCUT2D eigenvalue weighted by atomic mass is 16.6. The zero-order chi connectivity index (χ0) is 16.8. The Labute approximate surface area is 135 Å². The highest BCUT2D eigenvalue weighted by molar-refractivity contribution is 5.96. The average molecular weight is 321 g/mol. The predicted molar refractivity (Wildman–Crippen MR) is 86.6 cm³/mol. The molecule has 1 aliphatic heterocycles. The highest BCUT2D eigenvalue weighted by Gasteiger charge is 2.25. The first-order valence-electron chi connectivity index (χ1n) is 7.79. The van der Waals surface area contributed by atoms with E-state index in [1.807, 2.05) is 0 Å². The van der Waals surface area contributed by atoms with Gasteiger partial charge in [0.25, 0.3) is 11.6 Å². The second kappa shape index (κ2) is 8.03. The molecule has 0 unspecified atom stereocenters. The van der Waals surface area contributed by atoms with Gasteiger partial charge in [-0.05, 0) is 32.4 Å². The first kappa shape index (κ1) is 17.4. The van der Waals surface area contributed by atoms with Crippen LogP contribution in [0.25, 0.3) is 0 Å². The number of ether oxygens (including phenoxy) is 1. The van der Waals surface area contributed by atoms with Gasteiger partial charge in [-0.3, -0.25) is 19.8 Å². The molecule has 126 valence electrons. The van der Waals surface area contributed by atoms with Crippen molar-refractivity contribution in [2.24, 2.45) is 0 Å². The number of carbonyl (C=O) groups excluding carboxylic acids is 1. The van der Waals surface area contributed by atoms with Crippen LogP contribution < -0.4 is 5.32 Å². The monoisotopic (exact) mass is 321 g/mol. The van der Waals surface area contributed by atoms with Crippen molar-refractivity contribution in [2.75, 3.05) is 33.4 Å². The molecule has 1 N–H and O–H groups in total. The summed E-state index contributed by atoms with van der Waals surface area (Å²) in [6, 6.07) is 4.87. The van der Waals surface area contributed by atoms with Crippen LogP contribution in [0.4, 0.5) is 5.69 Å². The Kier molecular flexibility index (Phi) is 6.06. The molecular weight excluding hydrogens is 298 g/mol. The van der Waals surface area contributed by atoms with E-state index < -0.39 is 4.92 Å². The van der Waals surface area contributed by atoms with Gasteiger partial charge in [0, 0.05) is 43.4 Å². The van der Waals surface area contributed by atoms with Gasteiger partial charge in [-0.25, -0.2) is 0 Å². The normalized spacial score (nSPS) is 18.1. The van der Waals surface area contributed by atoms with Gasteiger partial charge in [0.1, 0.15) is 0 Å². The summed E-state index contributed by atoms with van der Waals surface area (Å²) in [7, 11) is 1.68. The summed E-state index contributed by atoms with van der Waals surface area (Å²) in [5, 5.41) is 13.9. The SMILES string of the molecule is COCCN1CCC[C@@H]1CNC(=O)c1cccc([N+](=O)[O-])c1C. The Morgan fingerprint density at radius 2 is 2.30 bits per heavy atom. The number of hydrogen-bond donors (Lipinski definition) is 1. The third-order valence-corrected chi connectivity index (χ3v) is 4.33. The Morgan fingerprint density at radius 3 is 3.00 bits per heavy atom. The van der Waals surface area contributed by atoms with Crippen LogP contribution in [0.5, 0.6) is 0 Å². The van der Waals surface area contributed by atoms with Gasteiger partial charge in [-0.15, -0.1) is 0 Å². The third kappa shape index (κ3) is 4.27. The number of carbonyl (C=O) groups is 1. The van der Waals surface area contributed by atoms with Crippen LogP contribution in [-0.2, 0) is 4.74 Å². The zero-order valence-corrected chi connectivity index (χ0v) is 13.6. The van der Waals surface area contributed by atoms with Crippen molar-refractivity contribution in [3.63, 3.8) is 0 Å². The van der Waals surface area contributed by atoms with E-state index in [0.717, 1.165) is 25.9 Å². The summed E-state index contributed by atoms with van der Waals surface area (Å²) in [6.07, 6.45) is 2.15. The number of nitro groups is 1. The van der Waals surface area contributed by atoms with Gasteiger partial charge >= 0.3 is 0 Å². The summed E-state index contributed by atoms with van der Waals surface area (Å²) < 4.78 is 5.11. The van der Waals surface area contributed by atoms with Crippen LogP contribution >= 0.6 is 0 Å². The van der Waals surface area contributed by atoms with Gasteiger partial charge in [-0.2, -0.15) is 0 Å². The minimum atomic E-state index is -0.463. The largest absolute Gasteiger partial charge is 0.383 e. The van der Waals surface area contributed by atoms with Gasteiger partial charge in [0.2, 0.25) is 0 Å². The summed E-state index contributed by atoms with van der Waals surface area (Å²) in [5.74, 6) is -0.259. The second-order valence-corrected chi connectivity index (χ2v) is 5.74. The van der Waals surface area contributed by atoms with Crippen LogP contribution in [0, 0.1) is 17.0 Å². The van der Waals surface area contributed by atoms with Crippen LogP contribution in [-0.4, -0.2) is 55.1 Å². The molecule has 7 heteroatoms. The number of nitro benzene ring substituents is 1. The molecule has 0 spiro atoms. The number of amides is 1. The Bertz CT molecular complexity index is 576. The van der Waals surface area contributed by atoms with Crippen molar-refractivity contribution in [2.45, 2.75) is 25.8 Å². The molecule has 0 radical (unpaired) electrons. The van der Waals surface area contributed by atoms with E-state index in [9.17, 15) is 14.9 Å². The van der Waals surface area contributed by atoms with Crippen LogP contribution in [0.3, 0.4) is 0 Å². The van der Waals surface area contributed by atoms with Crippen LogP contribution in [0.2, 0.25) is 0 Å². The summed E-state index contributed by atoms with van der Waals surface area (Å²) >= 11 is 0. The fraction of sp³-hybridized carbons (Fsp3) is 0.562. The third-order valence-electron chi connectivity index (χ3n) is 4.33. The van der Waals surface area contributed by atoms with Crippen LogP contribution in [0.15, 0.2) is 18.2 Å². The molecule has 1 heterocycles. The van der Waals surface area contributed by atoms with E-state index in [-0.39, 0.29) is 11.6 Å². The molecule has 0 bridgehead atoms. The lowest BCUT2D eigenvalue weighted by molar-refractivity contribution is -0.385. The maximum atomic E-state index is 12.3. The average Bonchev–Trinajstić information content (AvgIpc) is 2.97. The van der Waals surface area contributed by atoms with Crippen molar-refractivity contribution in [3.05, 3.63) is 39.4 Å². The first-order valence-corrected chi connectivity index (χ1v) is 7.79. The smallest absolute Gasteiger partial charge is 0.273 e. The first-order chi connectivity index (χ1) is 11.0. The molecule has 23 heavy (non-hydrogen) atoms. The van der Waals surface area contributed by atoms with E-state index in [1.165, 1.54) is 6.07 Å². The molecule has 1 amide bonds. The Hall–Kier alpha value is -1.99. The molecule has 1 aliphatic rings. The van der Waals surface area contributed by atoms with Crippen molar-refractivity contribution in [1.82, 2.24) is 10.2 Å². The van der Waals surface area contributed by atoms with Gasteiger partial charge in [0.15, 0.2) is 0 Å². The molecule has 1 fully saturated rings. The molecule has 0 aromatic heterocycles. The molecule has 1 aromatic rings. The minimum absolute atomic E-state index is 0.0276. The van der Waals surface area contributed by atoms with Crippen molar-refractivity contribution in [1.29, 1.82) is 0 Å². The number of nitrogens with zero attached hydrogens (tertiary/aromatic N) is 2. The lowest BCUT2D eigenvalue weighted by Crippen LogP contribution is -2.41. The van der Waals surface area contributed by atoms with Crippen molar-refractivity contribution < 1.29 is 14.5 Å². The fourth-order valence-corrected chi connectivity index (χ4v) is 3.00. The zero-order valence-electron chi connectivity index (χ0n) is 13.6. The van der Waals surface area contributed by atoms with Crippen LogP contribution in [0.1, 0.15) is 28.8 Å². The van der Waals surface area contributed by atoms with Crippen molar-refractivity contribution >= 4 is 11.6 Å². The maximum absolute atomic E-state index is 12.3. The standard InChI is InChI=1S/C16H23N3O4/c1-12-14(6-3-7-15(12)19(21)22)16(20)17-11-13-5-4-8-18(13)9-10-23-2/h3,6-7,13H,4-5,8-11H2,1-2H3,(H,17,20)/t13-/m1/s1. The Morgan fingerprint density at radius 1 is 1.52 bits per heavy atom. The number of rotatable bonds is 7. The van der Waals surface area contributed by atoms with Gasteiger partial charge in [0.05, 0.1) is 11.5 Å². The molecule has 1 aromatic carbocycles. The molecule has 2 rings (SSSR count). The minimum Gasteiger partial charge on any atom is -0.383 e. The maximum Gasteiger partial charge on any atom is 0.273 e. The molecule has 7 nitrogen and oxygen atoms in total. The van der Waals surface area contributed by atoms with E-state index in [4.69, 9.17) is 4.74 Å². The van der Waals surface area contributed by atoms with E-state index in [0.29, 0.717) is 30.3 Å². The predicted octanol–water partition coefficient (Wildman–Crippen LogP) is 1.74. The highest BCUT2D eigenvalue weighted by Crippen LogP contribution is 2.21.